The zero-order chi connectivity index (χ0) is 9.97. The Labute approximate surface area is 81.1 Å². The standard InChI is InChI=1S/C10H11FO3/c11-8-4-7(6-12)5-9-10(8)14-3-1-2-13-9/h4-5,12H,1-3,6H2. The van der Waals surface area contributed by atoms with Crippen LogP contribution in [-0.4, -0.2) is 18.3 Å². The lowest BCUT2D eigenvalue weighted by molar-refractivity contribution is 0.278. The highest BCUT2D eigenvalue weighted by Crippen LogP contribution is 2.33. The Morgan fingerprint density at radius 2 is 2.07 bits per heavy atom. The Balaban J connectivity index is 2.43. The molecule has 0 spiro atoms. The predicted octanol–water partition coefficient (Wildman–Crippen LogP) is 1.48. The van der Waals surface area contributed by atoms with Gasteiger partial charge in [0.1, 0.15) is 0 Å². The van der Waals surface area contributed by atoms with E-state index in [4.69, 9.17) is 14.6 Å². The monoisotopic (exact) mass is 198 g/mol. The van der Waals surface area contributed by atoms with Gasteiger partial charge in [0.2, 0.25) is 0 Å². The maximum absolute atomic E-state index is 13.4. The third-order valence-electron chi connectivity index (χ3n) is 2.04. The SMILES string of the molecule is OCc1cc(F)c2c(c1)OCCCO2. The third kappa shape index (κ3) is 1.65. The first kappa shape index (κ1) is 9.27. The van der Waals surface area contributed by atoms with Crippen LogP contribution in [0.5, 0.6) is 11.5 Å². The highest BCUT2D eigenvalue weighted by Gasteiger charge is 2.16. The molecule has 0 saturated heterocycles. The zero-order valence-corrected chi connectivity index (χ0v) is 7.62. The Morgan fingerprint density at radius 3 is 2.86 bits per heavy atom. The summed E-state index contributed by atoms with van der Waals surface area (Å²) in [6, 6.07) is 2.86. The molecule has 76 valence electrons. The van der Waals surface area contributed by atoms with Gasteiger partial charge >= 0.3 is 0 Å². The summed E-state index contributed by atoms with van der Waals surface area (Å²) in [5.74, 6) is 0.0553. The number of halogens is 1. The molecule has 4 heteroatoms. The number of rotatable bonds is 1. The van der Waals surface area contributed by atoms with E-state index >= 15 is 0 Å². The van der Waals surface area contributed by atoms with Crippen molar-refractivity contribution in [3.8, 4) is 11.5 Å². The van der Waals surface area contributed by atoms with Crippen molar-refractivity contribution >= 4 is 0 Å². The average Bonchev–Trinajstić information content (AvgIpc) is 2.42. The van der Waals surface area contributed by atoms with Gasteiger partial charge in [-0.3, -0.25) is 0 Å². The van der Waals surface area contributed by atoms with Crippen molar-refractivity contribution in [2.24, 2.45) is 0 Å². The van der Waals surface area contributed by atoms with E-state index in [1.165, 1.54) is 6.07 Å². The van der Waals surface area contributed by atoms with Gasteiger partial charge < -0.3 is 14.6 Å². The molecule has 0 radical (unpaired) electrons. The topological polar surface area (TPSA) is 38.7 Å². The summed E-state index contributed by atoms with van der Waals surface area (Å²) >= 11 is 0. The van der Waals surface area contributed by atoms with Crippen LogP contribution in [0.3, 0.4) is 0 Å². The van der Waals surface area contributed by atoms with Crippen molar-refractivity contribution in [3.05, 3.63) is 23.5 Å². The minimum atomic E-state index is -0.478. The minimum absolute atomic E-state index is 0.153. The fourth-order valence-electron chi connectivity index (χ4n) is 1.38. The lowest BCUT2D eigenvalue weighted by atomic mass is 10.2. The lowest BCUT2D eigenvalue weighted by Gasteiger charge is -2.09. The van der Waals surface area contributed by atoms with Crippen molar-refractivity contribution in [1.29, 1.82) is 0 Å². The van der Waals surface area contributed by atoms with Crippen LogP contribution in [0.4, 0.5) is 4.39 Å². The first-order valence-electron chi connectivity index (χ1n) is 4.50. The second-order valence-electron chi connectivity index (χ2n) is 3.11. The molecule has 1 aromatic carbocycles. The molecule has 0 unspecified atom stereocenters. The number of hydrogen-bond acceptors (Lipinski definition) is 3. The van der Waals surface area contributed by atoms with Crippen LogP contribution in [0, 0.1) is 5.82 Å². The van der Waals surface area contributed by atoms with Gasteiger partial charge in [-0.1, -0.05) is 0 Å². The van der Waals surface area contributed by atoms with E-state index in [1.54, 1.807) is 6.07 Å². The van der Waals surface area contributed by atoms with Crippen LogP contribution < -0.4 is 9.47 Å². The van der Waals surface area contributed by atoms with E-state index in [9.17, 15) is 4.39 Å². The van der Waals surface area contributed by atoms with Crippen LogP contribution in [-0.2, 0) is 6.61 Å². The van der Waals surface area contributed by atoms with Crippen molar-refractivity contribution in [2.45, 2.75) is 13.0 Å². The molecule has 2 rings (SSSR count). The average molecular weight is 198 g/mol. The molecule has 0 atom stereocenters. The Hall–Kier alpha value is -1.29. The summed E-state index contributed by atoms with van der Waals surface area (Å²) in [6.45, 7) is 0.775. The van der Waals surface area contributed by atoms with Crippen LogP contribution >= 0.6 is 0 Å². The molecule has 0 aromatic heterocycles. The van der Waals surface area contributed by atoms with Crippen LogP contribution in [0.25, 0.3) is 0 Å². The van der Waals surface area contributed by atoms with Gasteiger partial charge in [-0.05, 0) is 17.7 Å². The van der Waals surface area contributed by atoms with Gasteiger partial charge in [-0.2, -0.15) is 0 Å². The Bertz CT molecular complexity index is 338. The van der Waals surface area contributed by atoms with E-state index < -0.39 is 5.82 Å². The van der Waals surface area contributed by atoms with Crippen LogP contribution in [0.1, 0.15) is 12.0 Å². The second-order valence-corrected chi connectivity index (χ2v) is 3.11. The number of ether oxygens (including phenoxy) is 2. The van der Waals surface area contributed by atoms with Gasteiger partial charge in [0, 0.05) is 6.42 Å². The number of hydrogen-bond donors (Lipinski definition) is 1. The summed E-state index contributed by atoms with van der Waals surface area (Å²) in [6.07, 6.45) is 0.739. The number of fused-ring (bicyclic) bond motifs is 1. The smallest absolute Gasteiger partial charge is 0.197 e. The molecule has 3 nitrogen and oxygen atoms in total. The third-order valence-corrected chi connectivity index (χ3v) is 2.04. The lowest BCUT2D eigenvalue weighted by Crippen LogP contribution is -1.98. The molecule has 1 aliphatic heterocycles. The Morgan fingerprint density at radius 1 is 1.29 bits per heavy atom. The molecule has 0 bridgehead atoms. The normalized spacial score (nSPS) is 15.0. The Kier molecular flexibility index (Phi) is 2.54. The van der Waals surface area contributed by atoms with Crippen molar-refractivity contribution in [1.82, 2.24) is 0 Å². The number of aliphatic hydroxyl groups is 1. The quantitative estimate of drug-likeness (QED) is 0.742. The first-order chi connectivity index (χ1) is 6.81. The van der Waals surface area contributed by atoms with E-state index in [-0.39, 0.29) is 12.4 Å². The van der Waals surface area contributed by atoms with Crippen molar-refractivity contribution in [2.75, 3.05) is 13.2 Å². The van der Waals surface area contributed by atoms with Crippen LogP contribution in [0.2, 0.25) is 0 Å². The molecule has 1 aliphatic rings. The summed E-state index contributed by atoms with van der Waals surface area (Å²) < 4.78 is 23.9. The molecular formula is C10H11FO3. The summed E-state index contributed by atoms with van der Waals surface area (Å²) in [5, 5.41) is 8.87. The molecule has 1 N–H and O–H groups in total. The number of aliphatic hydroxyl groups excluding tert-OH is 1. The molecule has 0 amide bonds. The number of benzene rings is 1. The first-order valence-corrected chi connectivity index (χ1v) is 4.50. The summed E-state index contributed by atoms with van der Waals surface area (Å²) in [7, 11) is 0. The van der Waals surface area contributed by atoms with Crippen molar-refractivity contribution in [3.63, 3.8) is 0 Å². The molecule has 14 heavy (non-hydrogen) atoms. The second kappa shape index (κ2) is 3.84. The fraction of sp³-hybridized carbons (Fsp3) is 0.400. The summed E-state index contributed by atoms with van der Waals surface area (Å²) in [4.78, 5) is 0. The largest absolute Gasteiger partial charge is 0.489 e. The molecular weight excluding hydrogens is 187 g/mol. The van der Waals surface area contributed by atoms with Gasteiger partial charge in [-0.15, -0.1) is 0 Å². The maximum atomic E-state index is 13.4. The molecule has 1 aromatic rings. The van der Waals surface area contributed by atoms with E-state index in [0.717, 1.165) is 6.42 Å². The van der Waals surface area contributed by atoms with Gasteiger partial charge in [0.25, 0.3) is 0 Å². The zero-order valence-electron chi connectivity index (χ0n) is 7.62. The van der Waals surface area contributed by atoms with E-state index in [1.807, 2.05) is 0 Å². The van der Waals surface area contributed by atoms with Gasteiger partial charge in [0.15, 0.2) is 17.3 Å². The minimum Gasteiger partial charge on any atom is -0.489 e. The highest BCUT2D eigenvalue weighted by atomic mass is 19.1. The van der Waals surface area contributed by atoms with Gasteiger partial charge in [-0.25, -0.2) is 4.39 Å². The molecule has 0 saturated carbocycles. The molecule has 0 fully saturated rings. The maximum Gasteiger partial charge on any atom is 0.197 e. The van der Waals surface area contributed by atoms with Crippen LogP contribution in [0.15, 0.2) is 12.1 Å². The predicted molar refractivity (Wildman–Crippen MR) is 47.9 cm³/mol. The summed E-state index contributed by atoms with van der Waals surface area (Å²) in [5.41, 5.74) is 0.492. The molecule has 1 heterocycles. The molecule has 0 aliphatic carbocycles. The fourth-order valence-corrected chi connectivity index (χ4v) is 1.38. The van der Waals surface area contributed by atoms with E-state index in [2.05, 4.69) is 0 Å². The van der Waals surface area contributed by atoms with Gasteiger partial charge in [0.05, 0.1) is 19.8 Å². The van der Waals surface area contributed by atoms with E-state index in [0.29, 0.717) is 24.5 Å². The highest BCUT2D eigenvalue weighted by molar-refractivity contribution is 5.44. The van der Waals surface area contributed by atoms with Crippen molar-refractivity contribution < 1.29 is 19.0 Å².